The minimum Gasteiger partial charge on any atom is -0.427 e. The Bertz CT molecular complexity index is 1350. The molecular weight excluding hydrogens is 448 g/mol. The summed E-state index contributed by atoms with van der Waals surface area (Å²) in [6.45, 7) is 4.90. The molecule has 186 valence electrons. The lowest BCUT2D eigenvalue weighted by Crippen LogP contribution is -2.18. The van der Waals surface area contributed by atoms with Crippen LogP contribution >= 0.6 is 0 Å². The van der Waals surface area contributed by atoms with Crippen LogP contribution in [0, 0.1) is 0 Å². The third-order valence-electron chi connectivity index (χ3n) is 7.44. The Morgan fingerprint density at radius 2 is 1.89 bits per heavy atom. The van der Waals surface area contributed by atoms with E-state index in [0.717, 1.165) is 98.0 Å². The zero-order valence-electron chi connectivity index (χ0n) is 20.8. The maximum atomic E-state index is 10.9. The van der Waals surface area contributed by atoms with E-state index in [9.17, 15) is 5.21 Å². The second-order valence-electron chi connectivity index (χ2n) is 9.95. The van der Waals surface area contributed by atoms with Crippen molar-refractivity contribution in [1.82, 2.24) is 30.3 Å². The fourth-order valence-corrected chi connectivity index (χ4v) is 5.52. The number of benzene rings is 2. The van der Waals surface area contributed by atoms with Crippen molar-refractivity contribution in [1.29, 1.82) is 0 Å². The van der Waals surface area contributed by atoms with Crippen LogP contribution in [0.5, 0.6) is 0 Å². The quantitative estimate of drug-likeness (QED) is 0.213. The smallest absolute Gasteiger partial charge is 0.162 e. The second kappa shape index (κ2) is 9.91. The van der Waals surface area contributed by atoms with E-state index in [1.807, 2.05) is 6.20 Å². The second-order valence-corrected chi connectivity index (χ2v) is 9.95. The zero-order valence-corrected chi connectivity index (χ0v) is 20.8. The fraction of sp³-hybridized carbons (Fsp3) is 0.379. The van der Waals surface area contributed by atoms with Gasteiger partial charge in [0.25, 0.3) is 0 Å². The average molecular weight is 483 g/mol. The van der Waals surface area contributed by atoms with Crippen molar-refractivity contribution in [2.24, 2.45) is 0 Å². The van der Waals surface area contributed by atoms with Crippen LogP contribution < -0.4 is 10.6 Å². The van der Waals surface area contributed by atoms with Crippen LogP contribution in [0.1, 0.15) is 61.6 Å². The molecule has 2 aromatic carbocycles. The van der Waals surface area contributed by atoms with E-state index in [1.54, 1.807) is 0 Å². The van der Waals surface area contributed by atoms with Gasteiger partial charge in [-0.3, -0.25) is 0 Å². The topological polar surface area (TPSA) is 90.8 Å². The summed E-state index contributed by atoms with van der Waals surface area (Å²) >= 11 is 0. The van der Waals surface area contributed by atoms with Crippen LogP contribution in [-0.2, 0) is 19.4 Å². The Balaban J connectivity index is 1.25. The van der Waals surface area contributed by atoms with Crippen LogP contribution in [0.2, 0.25) is 0 Å². The van der Waals surface area contributed by atoms with Crippen molar-refractivity contribution in [3.8, 4) is 33.6 Å². The highest BCUT2D eigenvalue weighted by atomic mass is 16.5. The fourth-order valence-electron chi connectivity index (χ4n) is 5.52. The molecule has 0 amide bonds. The third kappa shape index (κ3) is 4.33. The van der Waals surface area contributed by atoms with Crippen molar-refractivity contribution in [2.75, 3.05) is 13.1 Å². The van der Waals surface area contributed by atoms with Gasteiger partial charge in [-0.1, -0.05) is 49.4 Å². The molecule has 7 nitrogen and oxygen atoms in total. The van der Waals surface area contributed by atoms with Gasteiger partial charge in [-0.15, -0.1) is 0 Å². The van der Waals surface area contributed by atoms with E-state index >= 15 is 0 Å². The van der Waals surface area contributed by atoms with Gasteiger partial charge in [0.15, 0.2) is 5.82 Å². The molecular formula is C29H34N6O. The highest BCUT2D eigenvalue weighted by Crippen LogP contribution is 2.37. The monoisotopic (exact) mass is 482 g/mol. The largest absolute Gasteiger partial charge is 0.427 e. The van der Waals surface area contributed by atoms with Gasteiger partial charge in [0, 0.05) is 5.56 Å². The van der Waals surface area contributed by atoms with Crippen molar-refractivity contribution in [2.45, 2.75) is 58.0 Å². The lowest BCUT2D eigenvalue weighted by molar-refractivity contribution is 0.160. The van der Waals surface area contributed by atoms with Crippen LogP contribution in [0.15, 0.2) is 48.7 Å². The third-order valence-corrected chi connectivity index (χ3v) is 7.44. The summed E-state index contributed by atoms with van der Waals surface area (Å²) in [5.74, 6) is 1.72. The molecule has 0 spiro atoms. The molecule has 0 bridgehead atoms. The molecule has 1 aliphatic carbocycles. The molecule has 0 saturated carbocycles. The Labute approximate surface area is 212 Å². The Hall–Kier alpha value is -3.42. The van der Waals surface area contributed by atoms with Crippen molar-refractivity contribution < 1.29 is 5.21 Å². The summed E-state index contributed by atoms with van der Waals surface area (Å²) in [6, 6.07) is 15.5. The molecule has 3 heterocycles. The summed E-state index contributed by atoms with van der Waals surface area (Å²) in [4.78, 5) is 12.9. The predicted molar refractivity (Wildman–Crippen MR) is 142 cm³/mol. The van der Waals surface area contributed by atoms with Gasteiger partial charge < -0.3 is 20.8 Å². The van der Waals surface area contributed by atoms with Gasteiger partial charge in [-0.05, 0) is 73.9 Å². The first-order valence-corrected chi connectivity index (χ1v) is 13.2. The highest BCUT2D eigenvalue weighted by molar-refractivity contribution is 5.75. The van der Waals surface area contributed by atoms with E-state index in [2.05, 4.69) is 70.0 Å². The number of aryl methyl sites for hydroxylation is 1. The molecule has 7 heteroatoms. The van der Waals surface area contributed by atoms with Crippen LogP contribution in [0.3, 0.4) is 0 Å². The van der Waals surface area contributed by atoms with Crippen molar-refractivity contribution in [3.63, 3.8) is 0 Å². The average Bonchev–Trinajstić information content (AvgIpc) is 3.64. The summed E-state index contributed by atoms with van der Waals surface area (Å²) in [5, 5.41) is 17.8. The highest BCUT2D eigenvalue weighted by Gasteiger charge is 2.28. The molecule has 2 aliphatic rings. The van der Waals surface area contributed by atoms with Crippen molar-refractivity contribution >= 4 is 0 Å². The molecule has 1 fully saturated rings. The van der Waals surface area contributed by atoms with E-state index in [-0.39, 0.29) is 6.04 Å². The maximum absolute atomic E-state index is 10.9. The van der Waals surface area contributed by atoms with Crippen LogP contribution in [0.4, 0.5) is 0 Å². The van der Waals surface area contributed by atoms with E-state index < -0.39 is 0 Å². The molecule has 4 N–H and O–H groups in total. The number of aromatic nitrogens is 4. The molecule has 1 saturated heterocycles. The zero-order chi connectivity index (χ0) is 24.5. The van der Waals surface area contributed by atoms with E-state index in [0.29, 0.717) is 0 Å². The lowest BCUT2D eigenvalue weighted by Gasteiger charge is -2.10. The SMILES string of the molecule is CCCNCc1ncc(-c2ccc(-c3ccc4c(c3)CCCc3c-4nc([C@@H]4CCCN4)n3O)cc2)[nH]1. The number of imidazole rings is 2. The number of hydrogen-bond acceptors (Lipinski definition) is 5. The van der Waals surface area contributed by atoms with Gasteiger partial charge in [-0.25, -0.2) is 9.97 Å². The van der Waals surface area contributed by atoms with Gasteiger partial charge >= 0.3 is 0 Å². The molecule has 1 atom stereocenters. The van der Waals surface area contributed by atoms with Crippen LogP contribution in [-0.4, -0.2) is 38.0 Å². The first-order chi connectivity index (χ1) is 17.7. The Morgan fingerprint density at radius 3 is 2.69 bits per heavy atom. The van der Waals surface area contributed by atoms with Gasteiger partial charge in [0.1, 0.15) is 5.82 Å². The Kier molecular flexibility index (Phi) is 6.34. The molecule has 1 aliphatic heterocycles. The first-order valence-electron chi connectivity index (χ1n) is 13.2. The molecule has 4 aromatic rings. The number of H-pyrrole nitrogens is 1. The summed E-state index contributed by atoms with van der Waals surface area (Å²) in [6.07, 6.45) is 7.99. The number of nitrogens with one attached hydrogen (secondary N) is 3. The maximum Gasteiger partial charge on any atom is 0.162 e. The molecule has 36 heavy (non-hydrogen) atoms. The van der Waals surface area contributed by atoms with E-state index in [1.165, 1.54) is 21.4 Å². The van der Waals surface area contributed by atoms with Crippen molar-refractivity contribution in [3.05, 3.63) is 71.6 Å². The lowest BCUT2D eigenvalue weighted by atomic mass is 9.95. The molecule has 6 rings (SSSR count). The molecule has 2 aromatic heterocycles. The number of fused-ring (bicyclic) bond motifs is 3. The number of nitrogens with zero attached hydrogens (tertiary/aromatic N) is 3. The number of aromatic amines is 1. The minimum atomic E-state index is 0.140. The predicted octanol–water partition coefficient (Wildman–Crippen LogP) is 5.26. The molecule has 0 unspecified atom stereocenters. The standard InChI is InChI=1S/C29H34N6O/c1-2-14-30-18-27-32-17-25(33-27)20-10-8-19(9-11-20)21-12-13-23-22(16-21)5-3-7-26-28(23)34-29(35(26)36)24-6-4-15-31-24/h8-13,16-17,24,30-31,36H,2-7,14-15,18H2,1H3,(H,32,33)/t24-/m0/s1. The number of rotatable bonds is 7. The van der Waals surface area contributed by atoms with Gasteiger partial charge in [0.2, 0.25) is 0 Å². The summed E-state index contributed by atoms with van der Waals surface area (Å²) in [7, 11) is 0. The van der Waals surface area contributed by atoms with Gasteiger partial charge in [-0.2, -0.15) is 4.73 Å². The normalized spacial score (nSPS) is 17.1. The van der Waals surface area contributed by atoms with Gasteiger partial charge in [0.05, 0.1) is 35.9 Å². The molecule has 0 radical (unpaired) electrons. The Morgan fingerprint density at radius 1 is 1.06 bits per heavy atom. The van der Waals surface area contributed by atoms with Crippen LogP contribution in [0.25, 0.3) is 33.6 Å². The first kappa shape index (κ1) is 23.0. The number of hydrogen-bond donors (Lipinski definition) is 4. The summed E-state index contributed by atoms with van der Waals surface area (Å²) in [5.41, 5.74) is 8.91. The van der Waals surface area contributed by atoms with E-state index in [4.69, 9.17) is 4.98 Å². The summed E-state index contributed by atoms with van der Waals surface area (Å²) < 4.78 is 1.36. The minimum absolute atomic E-state index is 0.140.